The van der Waals surface area contributed by atoms with E-state index in [1.54, 1.807) is 11.8 Å². The van der Waals surface area contributed by atoms with E-state index in [-0.39, 0.29) is 0 Å². The third-order valence-electron chi connectivity index (χ3n) is 2.63. The SMILES string of the molecule is NCc1cccc(Sc2nnc3ccccn23)c1. The zero-order valence-corrected chi connectivity index (χ0v) is 10.5. The van der Waals surface area contributed by atoms with Crippen LogP contribution in [0.25, 0.3) is 5.65 Å². The third kappa shape index (κ3) is 2.10. The highest BCUT2D eigenvalue weighted by molar-refractivity contribution is 7.99. The van der Waals surface area contributed by atoms with E-state index >= 15 is 0 Å². The molecule has 2 N–H and O–H groups in total. The monoisotopic (exact) mass is 256 g/mol. The Morgan fingerprint density at radius 3 is 2.94 bits per heavy atom. The molecule has 0 aliphatic rings. The molecule has 2 heterocycles. The van der Waals surface area contributed by atoms with E-state index in [0.717, 1.165) is 21.3 Å². The summed E-state index contributed by atoms with van der Waals surface area (Å²) in [5.41, 5.74) is 7.62. The Labute approximate surface area is 109 Å². The van der Waals surface area contributed by atoms with Crippen molar-refractivity contribution in [2.75, 3.05) is 0 Å². The van der Waals surface area contributed by atoms with Crippen molar-refractivity contribution in [3.63, 3.8) is 0 Å². The third-order valence-corrected chi connectivity index (χ3v) is 3.58. The maximum Gasteiger partial charge on any atom is 0.200 e. The quantitative estimate of drug-likeness (QED) is 0.781. The molecule has 2 aromatic heterocycles. The van der Waals surface area contributed by atoms with Gasteiger partial charge >= 0.3 is 0 Å². The Balaban J connectivity index is 1.96. The van der Waals surface area contributed by atoms with Crippen LogP contribution >= 0.6 is 11.8 Å². The molecule has 0 bridgehead atoms. The second-order valence-electron chi connectivity index (χ2n) is 3.87. The van der Waals surface area contributed by atoms with Crippen LogP contribution < -0.4 is 5.73 Å². The summed E-state index contributed by atoms with van der Waals surface area (Å²) in [6.07, 6.45) is 1.96. The first-order chi connectivity index (χ1) is 8.86. The van der Waals surface area contributed by atoms with Crippen LogP contribution in [0, 0.1) is 0 Å². The van der Waals surface area contributed by atoms with Gasteiger partial charge in [0.15, 0.2) is 10.8 Å². The second kappa shape index (κ2) is 4.80. The summed E-state index contributed by atoms with van der Waals surface area (Å²) < 4.78 is 1.97. The standard InChI is InChI=1S/C13H12N4S/c14-9-10-4-3-5-11(8-10)18-13-16-15-12-6-1-2-7-17(12)13/h1-8H,9,14H2. The van der Waals surface area contributed by atoms with Crippen LogP contribution in [0.4, 0.5) is 0 Å². The first kappa shape index (κ1) is 11.3. The van der Waals surface area contributed by atoms with Crippen molar-refractivity contribution in [3.05, 3.63) is 54.2 Å². The summed E-state index contributed by atoms with van der Waals surface area (Å²) in [6, 6.07) is 14.0. The minimum atomic E-state index is 0.551. The summed E-state index contributed by atoms with van der Waals surface area (Å²) >= 11 is 1.59. The van der Waals surface area contributed by atoms with E-state index in [1.165, 1.54) is 0 Å². The molecule has 18 heavy (non-hydrogen) atoms. The molecule has 0 radical (unpaired) electrons. The number of hydrogen-bond acceptors (Lipinski definition) is 4. The van der Waals surface area contributed by atoms with Crippen molar-refractivity contribution in [2.45, 2.75) is 16.6 Å². The van der Waals surface area contributed by atoms with E-state index in [1.807, 2.05) is 47.0 Å². The Morgan fingerprint density at radius 1 is 1.11 bits per heavy atom. The van der Waals surface area contributed by atoms with Gasteiger partial charge in [0.25, 0.3) is 0 Å². The molecular formula is C13H12N4S. The molecule has 0 saturated heterocycles. The summed E-state index contributed by atoms with van der Waals surface area (Å²) in [6.45, 7) is 0.551. The van der Waals surface area contributed by atoms with Gasteiger partial charge in [-0.05, 0) is 41.6 Å². The van der Waals surface area contributed by atoms with Crippen LogP contribution in [-0.2, 0) is 6.54 Å². The van der Waals surface area contributed by atoms with E-state index < -0.39 is 0 Å². The molecule has 4 nitrogen and oxygen atoms in total. The molecule has 0 spiro atoms. The average Bonchev–Trinajstić information content (AvgIpc) is 2.83. The van der Waals surface area contributed by atoms with Gasteiger partial charge in [-0.2, -0.15) is 0 Å². The smallest absolute Gasteiger partial charge is 0.200 e. The van der Waals surface area contributed by atoms with Gasteiger partial charge in [-0.25, -0.2) is 0 Å². The lowest BCUT2D eigenvalue weighted by atomic mass is 10.2. The van der Waals surface area contributed by atoms with Gasteiger partial charge in [0.1, 0.15) is 0 Å². The summed E-state index contributed by atoms with van der Waals surface area (Å²) in [4.78, 5) is 1.12. The molecule has 0 amide bonds. The first-order valence-electron chi connectivity index (χ1n) is 5.63. The summed E-state index contributed by atoms with van der Waals surface area (Å²) in [5.74, 6) is 0. The Bertz CT molecular complexity index is 677. The van der Waals surface area contributed by atoms with Gasteiger partial charge in [-0.1, -0.05) is 18.2 Å². The van der Waals surface area contributed by atoms with E-state index in [0.29, 0.717) is 6.54 Å². The summed E-state index contributed by atoms with van der Waals surface area (Å²) in [5, 5.41) is 9.18. The largest absolute Gasteiger partial charge is 0.326 e. The molecule has 3 aromatic rings. The second-order valence-corrected chi connectivity index (χ2v) is 4.91. The minimum absolute atomic E-state index is 0.551. The minimum Gasteiger partial charge on any atom is -0.326 e. The molecule has 0 saturated carbocycles. The molecule has 3 rings (SSSR count). The van der Waals surface area contributed by atoms with Crippen LogP contribution in [0.2, 0.25) is 0 Å². The molecule has 0 atom stereocenters. The van der Waals surface area contributed by atoms with Gasteiger partial charge in [0, 0.05) is 17.6 Å². The fourth-order valence-corrected chi connectivity index (χ4v) is 2.63. The zero-order chi connectivity index (χ0) is 12.4. The average molecular weight is 256 g/mol. The fourth-order valence-electron chi connectivity index (χ4n) is 1.73. The highest BCUT2D eigenvalue weighted by Crippen LogP contribution is 2.26. The number of hydrogen-bond donors (Lipinski definition) is 1. The van der Waals surface area contributed by atoms with Crippen molar-refractivity contribution < 1.29 is 0 Å². The van der Waals surface area contributed by atoms with E-state index in [4.69, 9.17) is 5.73 Å². The number of nitrogens with two attached hydrogens (primary N) is 1. The number of benzene rings is 1. The lowest BCUT2D eigenvalue weighted by Gasteiger charge is -2.02. The molecule has 0 fully saturated rings. The Kier molecular flexibility index (Phi) is 3.00. The number of aromatic nitrogens is 3. The predicted molar refractivity (Wildman–Crippen MR) is 71.4 cm³/mol. The van der Waals surface area contributed by atoms with Crippen LogP contribution in [0.15, 0.2) is 58.7 Å². The normalized spacial score (nSPS) is 10.9. The zero-order valence-electron chi connectivity index (χ0n) is 9.65. The topological polar surface area (TPSA) is 56.2 Å². The van der Waals surface area contributed by atoms with Crippen molar-refractivity contribution in [3.8, 4) is 0 Å². The van der Waals surface area contributed by atoms with Gasteiger partial charge in [-0.3, -0.25) is 4.40 Å². The van der Waals surface area contributed by atoms with Gasteiger partial charge in [-0.15, -0.1) is 10.2 Å². The molecule has 0 aliphatic carbocycles. The first-order valence-corrected chi connectivity index (χ1v) is 6.45. The van der Waals surface area contributed by atoms with Crippen LogP contribution in [-0.4, -0.2) is 14.6 Å². The molecular weight excluding hydrogens is 244 g/mol. The van der Waals surface area contributed by atoms with E-state index in [9.17, 15) is 0 Å². The van der Waals surface area contributed by atoms with Crippen LogP contribution in [0.3, 0.4) is 0 Å². The van der Waals surface area contributed by atoms with Gasteiger partial charge in [0.05, 0.1) is 0 Å². The summed E-state index contributed by atoms with van der Waals surface area (Å²) in [7, 11) is 0. The maximum absolute atomic E-state index is 5.64. The fraction of sp³-hybridized carbons (Fsp3) is 0.0769. The van der Waals surface area contributed by atoms with Gasteiger partial charge in [0.2, 0.25) is 0 Å². The van der Waals surface area contributed by atoms with Crippen molar-refractivity contribution in [1.82, 2.24) is 14.6 Å². The number of rotatable bonds is 3. The molecule has 0 aliphatic heterocycles. The Morgan fingerprint density at radius 2 is 2.06 bits per heavy atom. The van der Waals surface area contributed by atoms with E-state index in [2.05, 4.69) is 16.3 Å². The molecule has 90 valence electrons. The van der Waals surface area contributed by atoms with Crippen molar-refractivity contribution in [2.24, 2.45) is 5.73 Å². The Hall–Kier alpha value is -1.85. The highest BCUT2D eigenvalue weighted by atomic mass is 32.2. The number of nitrogens with zero attached hydrogens (tertiary/aromatic N) is 3. The number of fused-ring (bicyclic) bond motifs is 1. The maximum atomic E-state index is 5.64. The lowest BCUT2D eigenvalue weighted by Crippen LogP contribution is -1.95. The number of pyridine rings is 1. The van der Waals surface area contributed by atoms with Crippen LogP contribution in [0.1, 0.15) is 5.56 Å². The molecule has 0 unspecified atom stereocenters. The lowest BCUT2D eigenvalue weighted by molar-refractivity contribution is 0.921. The predicted octanol–water partition coefficient (Wildman–Crippen LogP) is 2.34. The van der Waals surface area contributed by atoms with Crippen molar-refractivity contribution in [1.29, 1.82) is 0 Å². The molecule has 1 aromatic carbocycles. The molecule has 5 heteroatoms. The highest BCUT2D eigenvalue weighted by Gasteiger charge is 2.06. The van der Waals surface area contributed by atoms with Crippen LogP contribution in [0.5, 0.6) is 0 Å². The van der Waals surface area contributed by atoms with Crippen molar-refractivity contribution >= 4 is 17.4 Å². The van der Waals surface area contributed by atoms with Gasteiger partial charge < -0.3 is 5.73 Å².